The molecule has 63 heavy (non-hydrogen) atoms. The van der Waals surface area contributed by atoms with Crippen LogP contribution in [0.15, 0.2) is 217 Å². The third-order valence-corrected chi connectivity index (χ3v) is 11.5. The van der Waals surface area contributed by atoms with Gasteiger partial charge in [0.2, 0.25) is 5.89 Å². The summed E-state index contributed by atoms with van der Waals surface area (Å²) < 4.78 is 6.62. The molecule has 0 atom stereocenters. The zero-order valence-electron chi connectivity index (χ0n) is 34.0. The van der Waals surface area contributed by atoms with Gasteiger partial charge in [-0.1, -0.05) is 182 Å². The molecule has 0 saturated carbocycles. The maximum Gasteiger partial charge on any atom is 0.227 e. The first kappa shape index (κ1) is 37.3. The van der Waals surface area contributed by atoms with Crippen molar-refractivity contribution < 1.29 is 4.42 Å². The molecule has 294 valence electrons. The quantitative estimate of drug-likeness (QED) is 0.143. The molecule has 2 heterocycles. The van der Waals surface area contributed by atoms with Crippen molar-refractivity contribution in [3.8, 4) is 102 Å². The fourth-order valence-electron chi connectivity index (χ4n) is 8.37. The Bertz CT molecular complexity index is 3460. The van der Waals surface area contributed by atoms with Gasteiger partial charge in [-0.15, -0.1) is 6.42 Å². The third kappa shape index (κ3) is 7.12. The Balaban J connectivity index is 1.03. The second-order valence-corrected chi connectivity index (χ2v) is 15.3. The number of oxazole rings is 1. The number of aromatic nitrogens is 4. The predicted octanol–water partition coefficient (Wildman–Crippen LogP) is 14.5. The Hall–Kier alpha value is -8.72. The molecule has 11 rings (SSSR count). The van der Waals surface area contributed by atoms with Gasteiger partial charge in [0.05, 0.1) is 0 Å². The normalized spacial score (nSPS) is 11.2. The number of hydrogen-bond acceptors (Lipinski definition) is 5. The summed E-state index contributed by atoms with van der Waals surface area (Å²) in [5.41, 5.74) is 14.4. The number of rotatable bonds is 8. The van der Waals surface area contributed by atoms with Gasteiger partial charge in [0.1, 0.15) is 5.52 Å². The molecule has 0 aliphatic carbocycles. The standard InChI is InChI=1S/C58H36N4O/c1-2-38-17-9-11-23-47(38)44-35-45(37-46(36-44)50-26-15-16-28-52(50)58-59-53-34-33-39-18-10-12-27-51(39)54(53)63-58)49-25-14-13-24-48(49)40-29-31-43(32-30-40)57-61-55(41-19-5-3-6-20-41)60-56(62-57)42-21-7-4-8-22-42/h1,3-37H. The first-order chi connectivity index (χ1) is 31.2. The van der Waals surface area contributed by atoms with E-state index in [1.165, 1.54) is 0 Å². The zero-order chi connectivity index (χ0) is 42.1. The molecule has 0 amide bonds. The molecule has 0 saturated heterocycles. The number of benzene rings is 9. The molecule has 0 fully saturated rings. The van der Waals surface area contributed by atoms with Crippen LogP contribution in [0.2, 0.25) is 0 Å². The smallest absolute Gasteiger partial charge is 0.227 e. The van der Waals surface area contributed by atoms with Crippen LogP contribution in [0.3, 0.4) is 0 Å². The van der Waals surface area contributed by atoms with E-state index in [-0.39, 0.29) is 0 Å². The van der Waals surface area contributed by atoms with Crippen LogP contribution >= 0.6 is 0 Å². The second kappa shape index (κ2) is 16.0. The van der Waals surface area contributed by atoms with Gasteiger partial charge >= 0.3 is 0 Å². The minimum atomic E-state index is 0.568. The Morgan fingerprint density at radius 2 is 0.794 bits per heavy atom. The number of terminal acetylenes is 1. The van der Waals surface area contributed by atoms with E-state index in [0.29, 0.717) is 23.4 Å². The molecule has 0 aliphatic rings. The van der Waals surface area contributed by atoms with Crippen molar-refractivity contribution in [1.29, 1.82) is 0 Å². The van der Waals surface area contributed by atoms with Gasteiger partial charge in [-0.3, -0.25) is 0 Å². The van der Waals surface area contributed by atoms with Crippen LogP contribution in [0.5, 0.6) is 0 Å². The maximum absolute atomic E-state index is 6.62. The first-order valence-corrected chi connectivity index (χ1v) is 20.8. The largest absolute Gasteiger partial charge is 0.435 e. The van der Waals surface area contributed by atoms with E-state index < -0.39 is 0 Å². The molecular formula is C58H36N4O. The second-order valence-electron chi connectivity index (χ2n) is 15.3. The fourth-order valence-corrected chi connectivity index (χ4v) is 8.37. The highest BCUT2D eigenvalue weighted by Crippen LogP contribution is 2.42. The van der Waals surface area contributed by atoms with Crippen molar-refractivity contribution in [1.82, 2.24) is 19.9 Å². The Labute approximate surface area is 365 Å². The van der Waals surface area contributed by atoms with Crippen molar-refractivity contribution in [3.05, 3.63) is 218 Å². The lowest BCUT2D eigenvalue weighted by atomic mass is 9.88. The molecule has 0 radical (unpaired) electrons. The van der Waals surface area contributed by atoms with Crippen molar-refractivity contribution in [3.63, 3.8) is 0 Å². The van der Waals surface area contributed by atoms with Gasteiger partial charge in [0.25, 0.3) is 0 Å². The van der Waals surface area contributed by atoms with Crippen LogP contribution in [0.1, 0.15) is 5.56 Å². The molecule has 9 aromatic carbocycles. The van der Waals surface area contributed by atoms with Gasteiger partial charge < -0.3 is 4.42 Å². The van der Waals surface area contributed by atoms with E-state index in [4.69, 9.17) is 30.8 Å². The van der Waals surface area contributed by atoms with Crippen LogP contribution in [0.4, 0.5) is 0 Å². The summed E-state index contributed by atoms with van der Waals surface area (Å²) >= 11 is 0. The average molecular weight is 805 g/mol. The molecule has 0 bridgehead atoms. The zero-order valence-corrected chi connectivity index (χ0v) is 34.0. The first-order valence-electron chi connectivity index (χ1n) is 20.8. The summed E-state index contributed by atoms with van der Waals surface area (Å²) in [6, 6.07) is 72.6. The van der Waals surface area contributed by atoms with Crippen LogP contribution in [0, 0.1) is 12.3 Å². The summed E-state index contributed by atoms with van der Waals surface area (Å²) in [5, 5.41) is 2.15. The Morgan fingerprint density at radius 3 is 1.40 bits per heavy atom. The molecule has 0 N–H and O–H groups in total. The highest BCUT2D eigenvalue weighted by molar-refractivity contribution is 6.04. The molecule has 0 unspecified atom stereocenters. The molecule has 11 aromatic rings. The number of hydrogen-bond donors (Lipinski definition) is 0. The van der Waals surface area contributed by atoms with E-state index >= 15 is 0 Å². The molecule has 5 heteroatoms. The van der Waals surface area contributed by atoms with Gasteiger partial charge in [-0.2, -0.15) is 0 Å². The lowest BCUT2D eigenvalue weighted by Crippen LogP contribution is -2.00. The van der Waals surface area contributed by atoms with Crippen molar-refractivity contribution in [2.75, 3.05) is 0 Å². The number of fused-ring (bicyclic) bond motifs is 3. The topological polar surface area (TPSA) is 64.7 Å². The summed E-state index contributed by atoms with van der Waals surface area (Å²) in [5.74, 6) is 5.35. The third-order valence-electron chi connectivity index (χ3n) is 11.5. The van der Waals surface area contributed by atoms with Gasteiger partial charge in [0, 0.05) is 33.2 Å². The number of nitrogens with zero attached hydrogens (tertiary/aromatic N) is 4. The predicted molar refractivity (Wildman–Crippen MR) is 256 cm³/mol. The van der Waals surface area contributed by atoms with Crippen LogP contribution in [-0.4, -0.2) is 19.9 Å². The minimum absolute atomic E-state index is 0.568. The molecule has 5 nitrogen and oxygen atoms in total. The fraction of sp³-hybridized carbons (Fsp3) is 0. The summed E-state index contributed by atoms with van der Waals surface area (Å²) in [7, 11) is 0. The molecular weight excluding hydrogens is 769 g/mol. The summed E-state index contributed by atoms with van der Waals surface area (Å²) in [6.45, 7) is 0. The van der Waals surface area contributed by atoms with Crippen LogP contribution in [0.25, 0.3) is 112 Å². The van der Waals surface area contributed by atoms with Crippen LogP contribution in [-0.2, 0) is 0 Å². The molecule has 0 aliphatic heterocycles. The lowest BCUT2D eigenvalue weighted by molar-refractivity contribution is 0.623. The SMILES string of the molecule is C#Cc1ccccc1-c1cc(-c2ccccc2-c2ccc(-c3nc(-c4ccccc4)nc(-c4ccccc4)n3)cc2)cc(-c2ccccc2-c2nc3ccc4ccccc4c3o2)c1. The minimum Gasteiger partial charge on any atom is -0.435 e. The molecule has 2 aromatic heterocycles. The van der Waals surface area contributed by atoms with E-state index in [9.17, 15) is 0 Å². The van der Waals surface area contributed by atoms with Gasteiger partial charge in [-0.05, 0) is 86.3 Å². The van der Waals surface area contributed by atoms with E-state index in [1.807, 2.05) is 103 Å². The molecule has 0 spiro atoms. The average Bonchev–Trinajstić information content (AvgIpc) is 3.82. The Kier molecular flexibility index (Phi) is 9.50. The van der Waals surface area contributed by atoms with Crippen molar-refractivity contribution >= 4 is 21.9 Å². The summed E-state index contributed by atoms with van der Waals surface area (Å²) in [4.78, 5) is 19.8. The maximum atomic E-state index is 6.62. The lowest BCUT2D eigenvalue weighted by Gasteiger charge is -2.16. The van der Waals surface area contributed by atoms with Gasteiger partial charge in [0.15, 0.2) is 23.1 Å². The van der Waals surface area contributed by atoms with Gasteiger partial charge in [-0.25, -0.2) is 19.9 Å². The van der Waals surface area contributed by atoms with E-state index in [2.05, 4.69) is 115 Å². The monoisotopic (exact) mass is 804 g/mol. The van der Waals surface area contributed by atoms with E-state index in [0.717, 1.165) is 94.2 Å². The Morgan fingerprint density at radius 1 is 0.349 bits per heavy atom. The highest BCUT2D eigenvalue weighted by atomic mass is 16.3. The highest BCUT2D eigenvalue weighted by Gasteiger charge is 2.19. The van der Waals surface area contributed by atoms with E-state index in [1.54, 1.807) is 0 Å². The van der Waals surface area contributed by atoms with Crippen molar-refractivity contribution in [2.24, 2.45) is 0 Å². The summed E-state index contributed by atoms with van der Waals surface area (Å²) in [6.07, 6.45) is 6.11. The van der Waals surface area contributed by atoms with Crippen LogP contribution < -0.4 is 0 Å². The van der Waals surface area contributed by atoms with Crippen molar-refractivity contribution in [2.45, 2.75) is 0 Å².